The largest absolute Gasteiger partial charge is 0.295 e. The van der Waals surface area contributed by atoms with Crippen LogP contribution in [0.25, 0.3) is 0 Å². The van der Waals surface area contributed by atoms with E-state index in [1.807, 2.05) is 0 Å². The van der Waals surface area contributed by atoms with Gasteiger partial charge in [0.2, 0.25) is 0 Å². The zero-order valence-electron chi connectivity index (χ0n) is 7.01. The second-order valence-corrected chi connectivity index (χ2v) is 3.95. The van der Waals surface area contributed by atoms with E-state index in [-0.39, 0.29) is 0 Å². The van der Waals surface area contributed by atoms with Gasteiger partial charge in [-0.15, -0.1) is 0 Å². The molecule has 0 aliphatic carbocycles. The van der Waals surface area contributed by atoms with Crippen LogP contribution in [0.2, 0.25) is 0 Å². The molecule has 2 aliphatic rings. The van der Waals surface area contributed by atoms with E-state index in [1.54, 1.807) is 0 Å². The van der Waals surface area contributed by atoms with E-state index in [4.69, 9.17) is 0 Å². The lowest BCUT2D eigenvalue weighted by molar-refractivity contribution is 0.203. The first kappa shape index (κ1) is 6.66. The van der Waals surface area contributed by atoms with E-state index in [9.17, 15) is 0 Å². The van der Waals surface area contributed by atoms with Gasteiger partial charge in [0.15, 0.2) is 0 Å². The summed E-state index contributed by atoms with van der Waals surface area (Å²) in [4.78, 5) is 2.72. The van der Waals surface area contributed by atoms with E-state index in [1.165, 1.54) is 25.7 Å². The van der Waals surface area contributed by atoms with Crippen LogP contribution in [0.3, 0.4) is 0 Å². The lowest BCUT2D eigenvalue weighted by Gasteiger charge is -2.25. The summed E-state index contributed by atoms with van der Waals surface area (Å²) in [5, 5.41) is 0. The summed E-state index contributed by atoms with van der Waals surface area (Å²) >= 11 is 0. The topological polar surface area (TPSA) is 3.24 Å². The maximum atomic E-state index is 2.72. The summed E-state index contributed by atoms with van der Waals surface area (Å²) in [6.07, 6.45) is 5.81. The molecule has 0 amide bonds. The van der Waals surface area contributed by atoms with Crippen molar-refractivity contribution in [2.45, 2.75) is 57.7 Å². The maximum absolute atomic E-state index is 2.72. The smallest absolute Gasteiger partial charge is 0.0102 e. The third kappa shape index (κ3) is 0.800. The molecule has 2 atom stereocenters. The monoisotopic (exact) mass is 139 g/mol. The number of hydrogen-bond donors (Lipinski definition) is 0. The molecule has 1 heteroatoms. The maximum Gasteiger partial charge on any atom is 0.0102 e. The zero-order chi connectivity index (χ0) is 7.14. The minimum Gasteiger partial charge on any atom is -0.295 e. The van der Waals surface area contributed by atoms with Crippen LogP contribution in [0.15, 0.2) is 0 Å². The highest BCUT2D eigenvalue weighted by atomic mass is 15.2. The SMILES string of the molecule is CC1CCC2CCC(C)N12. The van der Waals surface area contributed by atoms with Crippen molar-refractivity contribution in [2.75, 3.05) is 0 Å². The molecule has 0 N–H and O–H groups in total. The Balaban J connectivity index is 2.11. The van der Waals surface area contributed by atoms with Gasteiger partial charge in [0.1, 0.15) is 0 Å². The van der Waals surface area contributed by atoms with E-state index >= 15 is 0 Å². The summed E-state index contributed by atoms with van der Waals surface area (Å²) < 4.78 is 0. The summed E-state index contributed by atoms with van der Waals surface area (Å²) in [7, 11) is 0. The molecule has 2 fully saturated rings. The van der Waals surface area contributed by atoms with Gasteiger partial charge in [-0.3, -0.25) is 4.90 Å². The molecule has 0 saturated carbocycles. The summed E-state index contributed by atoms with van der Waals surface area (Å²) in [6, 6.07) is 2.72. The first-order chi connectivity index (χ1) is 4.79. The van der Waals surface area contributed by atoms with Gasteiger partial charge in [-0.2, -0.15) is 0 Å². The van der Waals surface area contributed by atoms with Crippen LogP contribution in [-0.4, -0.2) is 23.0 Å². The van der Waals surface area contributed by atoms with E-state index < -0.39 is 0 Å². The third-order valence-electron chi connectivity index (χ3n) is 3.27. The third-order valence-corrected chi connectivity index (χ3v) is 3.27. The molecule has 0 bridgehead atoms. The Labute approximate surface area is 63.4 Å². The van der Waals surface area contributed by atoms with Gasteiger partial charge in [-0.25, -0.2) is 0 Å². The molecule has 58 valence electrons. The first-order valence-electron chi connectivity index (χ1n) is 4.56. The van der Waals surface area contributed by atoms with E-state index in [2.05, 4.69) is 18.7 Å². The number of fused-ring (bicyclic) bond motifs is 1. The highest BCUT2D eigenvalue weighted by molar-refractivity contribution is 4.93. The molecule has 2 aliphatic heterocycles. The Kier molecular flexibility index (Phi) is 1.48. The van der Waals surface area contributed by atoms with Crippen LogP contribution in [0, 0.1) is 0 Å². The van der Waals surface area contributed by atoms with Crippen molar-refractivity contribution >= 4 is 0 Å². The van der Waals surface area contributed by atoms with Gasteiger partial charge < -0.3 is 0 Å². The Morgan fingerprint density at radius 3 is 1.80 bits per heavy atom. The van der Waals surface area contributed by atoms with Crippen molar-refractivity contribution < 1.29 is 0 Å². The van der Waals surface area contributed by atoms with Crippen LogP contribution in [0.1, 0.15) is 39.5 Å². The van der Waals surface area contributed by atoms with Crippen molar-refractivity contribution in [1.29, 1.82) is 0 Å². The van der Waals surface area contributed by atoms with Crippen molar-refractivity contribution in [3.63, 3.8) is 0 Å². The predicted octanol–water partition coefficient (Wildman–Crippen LogP) is 2.02. The molecule has 2 unspecified atom stereocenters. The average molecular weight is 139 g/mol. The number of rotatable bonds is 0. The van der Waals surface area contributed by atoms with E-state index in [0.717, 1.165) is 18.1 Å². The van der Waals surface area contributed by atoms with Crippen molar-refractivity contribution in [1.82, 2.24) is 4.90 Å². The van der Waals surface area contributed by atoms with Crippen LogP contribution in [0.4, 0.5) is 0 Å². The van der Waals surface area contributed by atoms with Crippen molar-refractivity contribution in [2.24, 2.45) is 0 Å². The fourth-order valence-electron chi connectivity index (χ4n) is 2.76. The van der Waals surface area contributed by atoms with Crippen molar-refractivity contribution in [3.05, 3.63) is 0 Å². The highest BCUT2D eigenvalue weighted by Crippen LogP contribution is 2.35. The van der Waals surface area contributed by atoms with Gasteiger partial charge in [-0.1, -0.05) is 0 Å². The van der Waals surface area contributed by atoms with Crippen LogP contribution >= 0.6 is 0 Å². The predicted molar refractivity (Wildman–Crippen MR) is 43.0 cm³/mol. The molecule has 0 radical (unpaired) electrons. The summed E-state index contributed by atoms with van der Waals surface area (Å²) in [6.45, 7) is 4.75. The Hall–Kier alpha value is -0.0400. The molecule has 2 rings (SSSR count). The van der Waals surface area contributed by atoms with Crippen molar-refractivity contribution in [3.8, 4) is 0 Å². The zero-order valence-corrected chi connectivity index (χ0v) is 7.01. The first-order valence-corrected chi connectivity index (χ1v) is 4.56. The second kappa shape index (κ2) is 2.23. The fraction of sp³-hybridized carbons (Fsp3) is 1.00. The fourth-order valence-corrected chi connectivity index (χ4v) is 2.76. The molecule has 2 saturated heterocycles. The molecule has 0 aromatic carbocycles. The van der Waals surface area contributed by atoms with Crippen LogP contribution < -0.4 is 0 Å². The minimum absolute atomic E-state index is 0.877. The summed E-state index contributed by atoms with van der Waals surface area (Å²) in [5.74, 6) is 0. The average Bonchev–Trinajstić information content (AvgIpc) is 2.40. The van der Waals surface area contributed by atoms with Crippen LogP contribution in [0.5, 0.6) is 0 Å². The Morgan fingerprint density at radius 1 is 0.900 bits per heavy atom. The molecule has 1 nitrogen and oxygen atoms in total. The van der Waals surface area contributed by atoms with Gasteiger partial charge >= 0.3 is 0 Å². The molecule has 2 heterocycles. The second-order valence-electron chi connectivity index (χ2n) is 3.95. The lowest BCUT2D eigenvalue weighted by Crippen LogP contribution is -2.34. The minimum atomic E-state index is 0.877. The van der Waals surface area contributed by atoms with Gasteiger partial charge in [0.05, 0.1) is 0 Å². The quantitative estimate of drug-likeness (QED) is 0.496. The van der Waals surface area contributed by atoms with Gasteiger partial charge in [-0.05, 0) is 39.5 Å². The lowest BCUT2D eigenvalue weighted by atomic mass is 10.1. The van der Waals surface area contributed by atoms with Gasteiger partial charge in [0.25, 0.3) is 0 Å². The molecule has 0 aromatic rings. The molecule has 10 heavy (non-hydrogen) atoms. The number of hydrogen-bond acceptors (Lipinski definition) is 1. The summed E-state index contributed by atoms with van der Waals surface area (Å²) in [5.41, 5.74) is 0. The standard InChI is InChI=1S/C9H17N/c1-7-3-5-9-6-4-8(2)10(7)9/h7-9H,3-6H2,1-2H3. The van der Waals surface area contributed by atoms with Crippen LogP contribution in [-0.2, 0) is 0 Å². The number of nitrogens with zero attached hydrogens (tertiary/aromatic N) is 1. The highest BCUT2D eigenvalue weighted by Gasteiger charge is 2.38. The Morgan fingerprint density at radius 2 is 1.40 bits per heavy atom. The molecular weight excluding hydrogens is 122 g/mol. The Bertz CT molecular complexity index is 119. The normalized spacial score (nSPS) is 48.0. The van der Waals surface area contributed by atoms with Gasteiger partial charge in [0, 0.05) is 18.1 Å². The molecule has 0 spiro atoms. The molecule has 0 aromatic heterocycles. The van der Waals surface area contributed by atoms with E-state index in [0.29, 0.717) is 0 Å². The molecular formula is C9H17N.